The van der Waals surface area contributed by atoms with Crippen LogP contribution in [0.5, 0.6) is 0 Å². The van der Waals surface area contributed by atoms with E-state index < -0.39 is 17.9 Å². The molecule has 0 saturated carbocycles. The molecule has 1 saturated heterocycles. The standard InChI is InChI=1S/C42H46N4O6.C6H14.CH4.Mg/c1-9-12-21(4)15-16-52-35(48)14-13-27-23(6)30-17-29-22(5)25(10-2)32(43-29)19-34-28(20-47)26(11-3)33(44-34)18-31-24(7)36-40(46-31)37(39(27)45-30)38(41(36)49)42(50)51-8;1-4-5-6(2)3;;/h10,15,17-20,23,27,38-39H,2,9,11-14,16H2,1,3-8H3,(H,47,49);6H,4-5H2,1-3H3;1H4;/q-4;;;+2/b21-15+,30-17-,34-19-;;;/t23-,27-,38+,39?;;;/m0.../s1. The van der Waals surface area contributed by atoms with Crippen LogP contribution in [0.15, 0.2) is 23.9 Å². The molecule has 3 aromatic heterocycles. The second kappa shape index (κ2) is 21.9. The first-order valence-electron chi connectivity index (χ1n) is 20.8. The molecule has 8 bridgehead atoms. The van der Waals surface area contributed by atoms with Crippen LogP contribution in [0.1, 0.15) is 144 Å². The molecule has 4 atom stereocenters. The maximum atomic E-state index is 14.2. The van der Waals surface area contributed by atoms with E-state index >= 15 is 0 Å². The summed E-state index contributed by atoms with van der Waals surface area (Å²) in [6.45, 7) is 23.0. The summed E-state index contributed by atoms with van der Waals surface area (Å²) in [7, 11) is 1.27. The maximum Gasteiger partial charge on any atom is 2.00 e. The van der Waals surface area contributed by atoms with Crippen molar-refractivity contribution >= 4 is 76.9 Å². The van der Waals surface area contributed by atoms with Crippen molar-refractivity contribution in [2.75, 3.05) is 13.7 Å². The fraction of sp³-hybridized carbons (Fsp3) is 0.490. The van der Waals surface area contributed by atoms with Crippen molar-refractivity contribution in [1.82, 2.24) is 15.0 Å². The predicted molar refractivity (Wildman–Crippen MR) is 243 cm³/mol. The number of esters is 2. The zero-order valence-electron chi connectivity index (χ0n) is 36.7. The molecule has 0 spiro atoms. The molecule has 1 N–H and O–H groups in total. The van der Waals surface area contributed by atoms with Crippen molar-refractivity contribution in [1.29, 1.82) is 0 Å². The number of allylic oxidation sites excluding steroid dienone is 2. The van der Waals surface area contributed by atoms with Crippen LogP contribution in [0.4, 0.5) is 0 Å². The molecule has 320 valence electrons. The van der Waals surface area contributed by atoms with Crippen LogP contribution in [0.25, 0.3) is 41.5 Å². The number of aromatic nitrogens is 3. The van der Waals surface area contributed by atoms with E-state index in [4.69, 9.17) is 29.7 Å². The number of nitrogens with zero attached hydrogens (tertiary/aromatic N) is 4. The minimum Gasteiger partial charge on any atom is -0.681 e. The zero-order chi connectivity index (χ0) is 42.4. The van der Waals surface area contributed by atoms with E-state index in [1.165, 1.54) is 25.5 Å². The maximum absolute atomic E-state index is 14.2. The summed E-state index contributed by atoms with van der Waals surface area (Å²) in [4.78, 5) is 55.6. The first kappa shape index (κ1) is 49.9. The van der Waals surface area contributed by atoms with E-state index in [-0.39, 0.29) is 67.1 Å². The van der Waals surface area contributed by atoms with Crippen LogP contribution < -0.4 is 36.2 Å². The number of carbonyl (C=O) groups is 3. The monoisotopic (exact) mass is 828 g/mol. The predicted octanol–water partition coefficient (Wildman–Crippen LogP) is 6.60. The van der Waals surface area contributed by atoms with Gasteiger partial charge in [-0.15, -0.1) is 33.1 Å². The topological polar surface area (TPSA) is 146 Å². The second-order valence-corrected chi connectivity index (χ2v) is 16.1. The molecule has 1 aliphatic carbocycles. The summed E-state index contributed by atoms with van der Waals surface area (Å²) in [6, 6.07) is -0.643. The van der Waals surface area contributed by atoms with E-state index in [1.54, 1.807) is 6.08 Å². The number of aliphatic hydroxyl groups excluding tert-OH is 1. The van der Waals surface area contributed by atoms with Gasteiger partial charge in [0.05, 0.1) is 13.4 Å². The van der Waals surface area contributed by atoms with Gasteiger partial charge in [-0.1, -0.05) is 133 Å². The Kier molecular flexibility index (Phi) is 18.2. The van der Waals surface area contributed by atoms with Gasteiger partial charge in [0, 0.05) is 12.0 Å². The number of ketones is 1. The Morgan fingerprint density at radius 2 is 1.67 bits per heavy atom. The third kappa shape index (κ3) is 10.2. The van der Waals surface area contributed by atoms with Crippen LogP contribution in [-0.2, 0) is 25.5 Å². The van der Waals surface area contributed by atoms with Crippen molar-refractivity contribution in [2.24, 2.45) is 23.7 Å². The van der Waals surface area contributed by atoms with E-state index in [9.17, 15) is 19.5 Å². The molecule has 11 heteroatoms. The Labute approximate surface area is 372 Å². The third-order valence-corrected chi connectivity index (χ3v) is 11.7. The quantitative estimate of drug-likeness (QED) is 0.0924. The largest absolute Gasteiger partial charge is 2.00 e. The van der Waals surface area contributed by atoms with Gasteiger partial charge < -0.3 is 34.8 Å². The number of methoxy groups -OCH3 is 1. The average Bonchev–Trinajstić information content (AvgIpc) is 3.94. The molecule has 1 fully saturated rings. The number of carbonyl (C=O) groups excluding carboxylic acids is 3. The van der Waals surface area contributed by atoms with Gasteiger partial charge in [-0.3, -0.25) is 14.4 Å². The molecule has 3 aromatic rings. The Morgan fingerprint density at radius 3 is 2.25 bits per heavy atom. The SMILES string of the molecule is C.C=Cc1c2[n-]c(c1C)/C=C1\[N-]C(C3=c4[n-]/c(c(C)c4C(=O)[C@@H]3C(=O)OC)=C\c3[n-]c(/c(=C\O)c3CC)=C\2)[C@@H](CCC(=O)OC/C=C(\C)CCC)[C@@H]1C.CCCC(C)C.[Mg+2]. The summed E-state index contributed by atoms with van der Waals surface area (Å²) in [5.41, 5.74) is 7.89. The number of hydrogen-bond donors (Lipinski definition) is 1. The van der Waals surface area contributed by atoms with Crippen molar-refractivity contribution in [3.05, 3.63) is 95.4 Å². The summed E-state index contributed by atoms with van der Waals surface area (Å²) in [5.74, 6) is -2.13. The summed E-state index contributed by atoms with van der Waals surface area (Å²) >= 11 is 0. The van der Waals surface area contributed by atoms with Gasteiger partial charge in [0.15, 0.2) is 5.78 Å². The van der Waals surface area contributed by atoms with Crippen LogP contribution in [0.3, 0.4) is 0 Å². The van der Waals surface area contributed by atoms with Crippen molar-refractivity contribution in [3.8, 4) is 0 Å². The number of hydrogen-bond acceptors (Lipinski definition) is 6. The summed E-state index contributed by atoms with van der Waals surface area (Å²) in [5, 5.41) is 17.7. The minimum atomic E-state index is -1.21. The van der Waals surface area contributed by atoms with Crippen molar-refractivity contribution in [2.45, 2.75) is 121 Å². The molecule has 3 aliphatic rings. The first-order valence-corrected chi connectivity index (χ1v) is 20.8. The van der Waals surface area contributed by atoms with E-state index in [0.717, 1.165) is 47.4 Å². The summed E-state index contributed by atoms with van der Waals surface area (Å²) in [6.07, 6.45) is 16.2. The van der Waals surface area contributed by atoms with Crippen LogP contribution in [0, 0.1) is 37.5 Å². The van der Waals surface area contributed by atoms with Gasteiger partial charge >= 0.3 is 35.0 Å². The Balaban J connectivity index is 0.00000112. The second-order valence-electron chi connectivity index (χ2n) is 16.1. The average molecular weight is 829 g/mol. The van der Waals surface area contributed by atoms with Gasteiger partial charge in [0.1, 0.15) is 12.5 Å². The Hall–Kier alpha value is -4.48. The van der Waals surface area contributed by atoms with Gasteiger partial charge in [0.25, 0.3) is 0 Å². The number of aliphatic hydroxyl groups is 1. The fourth-order valence-corrected chi connectivity index (χ4v) is 8.56. The molecule has 5 heterocycles. The molecule has 1 unspecified atom stereocenters. The van der Waals surface area contributed by atoms with Gasteiger partial charge in [-0.2, -0.15) is 5.70 Å². The number of ether oxygens (including phenoxy) is 2. The normalized spacial score (nSPS) is 21.2. The number of rotatable bonds is 12. The molecule has 6 rings (SSSR count). The van der Waals surface area contributed by atoms with Crippen molar-refractivity contribution < 1.29 is 29.0 Å². The van der Waals surface area contributed by atoms with E-state index in [2.05, 4.69) is 41.2 Å². The number of fused-ring (bicyclic) bond motifs is 8. The zero-order valence-corrected chi connectivity index (χ0v) is 38.1. The molecule has 0 radical (unpaired) electrons. The first-order chi connectivity index (χ1) is 27.7. The molecule has 0 amide bonds. The van der Waals surface area contributed by atoms with E-state index in [1.807, 2.05) is 52.0 Å². The van der Waals surface area contributed by atoms with Gasteiger partial charge in [-0.05, 0) is 74.6 Å². The van der Waals surface area contributed by atoms with E-state index in [0.29, 0.717) is 67.9 Å². The molecular weight excluding hydrogens is 765 g/mol. The Bertz CT molecular complexity index is 2370. The molecule has 2 aliphatic heterocycles. The fourth-order valence-electron chi connectivity index (χ4n) is 8.56. The van der Waals surface area contributed by atoms with Gasteiger partial charge in [-0.25, -0.2) is 0 Å². The summed E-state index contributed by atoms with van der Waals surface area (Å²) < 4.78 is 10.8. The van der Waals surface area contributed by atoms with Gasteiger partial charge in [0.2, 0.25) is 0 Å². The molecular formula is C49H64MgN4O6-2. The smallest absolute Gasteiger partial charge is 0.681 e. The molecule has 10 nitrogen and oxygen atoms in total. The van der Waals surface area contributed by atoms with Crippen molar-refractivity contribution in [3.63, 3.8) is 0 Å². The third-order valence-electron chi connectivity index (χ3n) is 11.7. The van der Waals surface area contributed by atoms with Crippen LogP contribution >= 0.6 is 0 Å². The Morgan fingerprint density at radius 1 is 0.967 bits per heavy atom. The number of Topliss-reactive ketones (excluding diaryl/α,β-unsaturated/α-hetero) is 1. The minimum absolute atomic E-state index is 0. The molecule has 60 heavy (non-hydrogen) atoms. The van der Waals surface area contributed by atoms with Crippen LogP contribution in [-0.4, -0.2) is 65.6 Å². The van der Waals surface area contributed by atoms with Crippen LogP contribution in [0.2, 0.25) is 0 Å². The molecule has 0 aromatic carbocycles.